The summed E-state index contributed by atoms with van der Waals surface area (Å²) in [6, 6.07) is 0. The van der Waals surface area contributed by atoms with Crippen LogP contribution in [0.5, 0.6) is 0 Å². The molecule has 3 saturated carbocycles. The summed E-state index contributed by atoms with van der Waals surface area (Å²) < 4.78 is 0. The zero-order valence-electron chi connectivity index (χ0n) is 8.21. The molecule has 0 aliphatic heterocycles. The van der Waals surface area contributed by atoms with Crippen LogP contribution in [0, 0.1) is 23.2 Å². The van der Waals surface area contributed by atoms with Gasteiger partial charge in [-0.15, -0.1) is 0 Å². The van der Waals surface area contributed by atoms with E-state index < -0.39 is 0 Å². The molecule has 0 amide bonds. The quantitative estimate of drug-likeness (QED) is 0.671. The Labute approximate surface area is 75.2 Å². The van der Waals surface area contributed by atoms with Gasteiger partial charge in [0, 0.05) is 6.61 Å². The predicted octanol–water partition coefficient (Wildman–Crippen LogP) is 2.44. The van der Waals surface area contributed by atoms with Crippen LogP contribution >= 0.6 is 0 Å². The van der Waals surface area contributed by atoms with Crippen LogP contribution in [0.2, 0.25) is 0 Å². The van der Waals surface area contributed by atoms with Crippen molar-refractivity contribution in [2.45, 2.75) is 39.5 Å². The molecule has 1 nitrogen and oxygen atoms in total. The Balaban J connectivity index is 2.01. The minimum absolute atomic E-state index is 0.391. The summed E-state index contributed by atoms with van der Waals surface area (Å²) in [4.78, 5) is 0. The summed E-state index contributed by atoms with van der Waals surface area (Å²) in [5, 5.41) is 8.92. The van der Waals surface area contributed by atoms with Crippen LogP contribution in [-0.4, -0.2) is 11.7 Å². The maximum atomic E-state index is 8.92. The third-order valence-corrected chi connectivity index (χ3v) is 4.50. The lowest BCUT2D eigenvalue weighted by Crippen LogP contribution is -2.52. The van der Waals surface area contributed by atoms with E-state index in [1.54, 1.807) is 0 Å². The molecule has 1 N–H and O–H groups in total. The van der Waals surface area contributed by atoms with E-state index in [1.165, 1.54) is 19.3 Å². The first kappa shape index (κ1) is 8.55. The van der Waals surface area contributed by atoms with Gasteiger partial charge in [-0.2, -0.15) is 0 Å². The van der Waals surface area contributed by atoms with Gasteiger partial charge in [-0.3, -0.25) is 0 Å². The monoisotopic (exact) mass is 168 g/mol. The number of fused-ring (bicyclic) bond motifs is 2. The molecule has 70 valence electrons. The molecule has 3 aliphatic rings. The second-order valence-electron chi connectivity index (χ2n) is 5.21. The number of rotatable bonds is 2. The summed E-state index contributed by atoms with van der Waals surface area (Å²) >= 11 is 0. The van der Waals surface area contributed by atoms with Crippen molar-refractivity contribution in [3.8, 4) is 0 Å². The predicted molar refractivity (Wildman–Crippen MR) is 49.8 cm³/mol. The van der Waals surface area contributed by atoms with Gasteiger partial charge in [-0.05, 0) is 48.9 Å². The topological polar surface area (TPSA) is 20.2 Å². The Hall–Kier alpha value is -0.0400. The SMILES string of the molecule is CC1(C)[C@H]2CC[C@@H](CCO)[C@@H]1C2. The maximum absolute atomic E-state index is 8.92. The fraction of sp³-hybridized carbons (Fsp3) is 1.00. The minimum Gasteiger partial charge on any atom is -0.396 e. The highest BCUT2D eigenvalue weighted by Gasteiger charge is 2.53. The van der Waals surface area contributed by atoms with Crippen LogP contribution in [0.25, 0.3) is 0 Å². The van der Waals surface area contributed by atoms with Crippen molar-refractivity contribution in [3.05, 3.63) is 0 Å². The standard InChI is InChI=1S/C11H20O/c1-11(2)9-4-3-8(5-6-12)10(11)7-9/h8-10,12H,3-7H2,1-2H3/t8-,9-,10-/m0/s1. The highest BCUT2D eigenvalue weighted by Crippen LogP contribution is 2.61. The van der Waals surface area contributed by atoms with E-state index in [4.69, 9.17) is 5.11 Å². The molecule has 3 atom stereocenters. The van der Waals surface area contributed by atoms with Crippen molar-refractivity contribution in [2.75, 3.05) is 6.61 Å². The van der Waals surface area contributed by atoms with Gasteiger partial charge in [-0.1, -0.05) is 13.8 Å². The van der Waals surface area contributed by atoms with Crippen molar-refractivity contribution in [2.24, 2.45) is 23.2 Å². The lowest BCUT2D eigenvalue weighted by atomic mass is 9.45. The summed E-state index contributed by atoms with van der Waals surface area (Å²) in [7, 11) is 0. The van der Waals surface area contributed by atoms with Crippen LogP contribution in [0.4, 0.5) is 0 Å². The third kappa shape index (κ3) is 1.02. The van der Waals surface area contributed by atoms with E-state index in [0.717, 1.165) is 24.2 Å². The molecule has 0 unspecified atom stereocenters. The molecule has 0 aromatic carbocycles. The van der Waals surface area contributed by atoms with Gasteiger partial charge >= 0.3 is 0 Å². The first-order valence-corrected chi connectivity index (χ1v) is 5.27. The minimum atomic E-state index is 0.391. The van der Waals surface area contributed by atoms with Crippen molar-refractivity contribution >= 4 is 0 Å². The Kier molecular flexibility index (Phi) is 1.95. The van der Waals surface area contributed by atoms with Gasteiger partial charge in [0.15, 0.2) is 0 Å². The number of aliphatic hydroxyl groups is 1. The highest BCUT2D eigenvalue weighted by molar-refractivity contribution is 5.02. The Bertz CT molecular complexity index is 170. The third-order valence-electron chi connectivity index (χ3n) is 4.50. The normalized spacial score (nSPS) is 43.8. The molecule has 0 saturated heterocycles. The second-order valence-corrected chi connectivity index (χ2v) is 5.21. The van der Waals surface area contributed by atoms with Gasteiger partial charge in [0.2, 0.25) is 0 Å². The molecule has 0 spiro atoms. The Morgan fingerprint density at radius 1 is 1.33 bits per heavy atom. The molecular formula is C11H20O. The lowest BCUT2D eigenvalue weighted by molar-refractivity contribution is -0.109. The van der Waals surface area contributed by atoms with E-state index in [0.29, 0.717) is 12.0 Å². The summed E-state index contributed by atoms with van der Waals surface area (Å²) in [5.41, 5.74) is 0.595. The maximum Gasteiger partial charge on any atom is 0.0433 e. The van der Waals surface area contributed by atoms with Crippen molar-refractivity contribution < 1.29 is 5.11 Å². The largest absolute Gasteiger partial charge is 0.396 e. The molecule has 0 radical (unpaired) electrons. The van der Waals surface area contributed by atoms with Gasteiger partial charge < -0.3 is 5.11 Å². The van der Waals surface area contributed by atoms with Crippen LogP contribution in [-0.2, 0) is 0 Å². The van der Waals surface area contributed by atoms with E-state index in [-0.39, 0.29) is 0 Å². The summed E-state index contributed by atoms with van der Waals surface area (Å²) in [6.45, 7) is 5.21. The average molecular weight is 168 g/mol. The molecule has 12 heavy (non-hydrogen) atoms. The Morgan fingerprint density at radius 3 is 2.58 bits per heavy atom. The number of hydrogen-bond acceptors (Lipinski definition) is 1. The zero-order chi connectivity index (χ0) is 8.77. The van der Waals surface area contributed by atoms with Crippen molar-refractivity contribution in [1.29, 1.82) is 0 Å². The second kappa shape index (κ2) is 2.73. The smallest absolute Gasteiger partial charge is 0.0433 e. The first-order valence-electron chi connectivity index (χ1n) is 5.27. The van der Waals surface area contributed by atoms with E-state index in [2.05, 4.69) is 13.8 Å². The molecular weight excluding hydrogens is 148 g/mol. The highest BCUT2D eigenvalue weighted by atomic mass is 16.3. The van der Waals surface area contributed by atoms with Crippen LogP contribution in [0.3, 0.4) is 0 Å². The molecule has 0 aromatic heterocycles. The van der Waals surface area contributed by atoms with Crippen LogP contribution < -0.4 is 0 Å². The number of hydrogen-bond donors (Lipinski definition) is 1. The lowest BCUT2D eigenvalue weighted by Gasteiger charge is -2.60. The fourth-order valence-electron chi connectivity index (χ4n) is 3.47. The molecule has 3 aliphatic carbocycles. The molecule has 2 bridgehead atoms. The average Bonchev–Trinajstić information content (AvgIpc) is 2.05. The van der Waals surface area contributed by atoms with Crippen molar-refractivity contribution in [3.63, 3.8) is 0 Å². The Morgan fingerprint density at radius 2 is 2.08 bits per heavy atom. The molecule has 0 heterocycles. The van der Waals surface area contributed by atoms with Crippen molar-refractivity contribution in [1.82, 2.24) is 0 Å². The zero-order valence-corrected chi connectivity index (χ0v) is 8.21. The van der Waals surface area contributed by atoms with Gasteiger partial charge in [0.05, 0.1) is 0 Å². The molecule has 3 fully saturated rings. The molecule has 1 heteroatoms. The summed E-state index contributed by atoms with van der Waals surface area (Å²) in [6.07, 6.45) is 5.27. The van der Waals surface area contributed by atoms with E-state index in [9.17, 15) is 0 Å². The van der Waals surface area contributed by atoms with E-state index in [1.807, 2.05) is 0 Å². The molecule has 0 aromatic rings. The van der Waals surface area contributed by atoms with Crippen LogP contribution in [0.1, 0.15) is 39.5 Å². The fourth-order valence-corrected chi connectivity index (χ4v) is 3.47. The van der Waals surface area contributed by atoms with Gasteiger partial charge in [-0.25, -0.2) is 0 Å². The van der Waals surface area contributed by atoms with E-state index >= 15 is 0 Å². The van der Waals surface area contributed by atoms with Crippen LogP contribution in [0.15, 0.2) is 0 Å². The number of aliphatic hydroxyl groups excluding tert-OH is 1. The van der Waals surface area contributed by atoms with Gasteiger partial charge in [0.25, 0.3) is 0 Å². The first-order chi connectivity index (χ1) is 5.66. The van der Waals surface area contributed by atoms with Gasteiger partial charge in [0.1, 0.15) is 0 Å². The molecule has 3 rings (SSSR count). The summed E-state index contributed by atoms with van der Waals surface area (Å²) in [5.74, 6) is 2.75.